The van der Waals surface area contributed by atoms with E-state index in [9.17, 15) is 10.2 Å². The van der Waals surface area contributed by atoms with E-state index in [0.29, 0.717) is 18.8 Å². The lowest BCUT2D eigenvalue weighted by Gasteiger charge is -2.30. The van der Waals surface area contributed by atoms with Gasteiger partial charge in [-0.3, -0.25) is 0 Å². The van der Waals surface area contributed by atoms with Crippen LogP contribution in [0, 0.1) is 5.41 Å². The van der Waals surface area contributed by atoms with E-state index in [1.807, 2.05) is 24.3 Å². The number of hydrogen-bond donors (Lipinski definition) is 2. The van der Waals surface area contributed by atoms with Crippen molar-refractivity contribution in [2.24, 2.45) is 5.41 Å². The van der Waals surface area contributed by atoms with E-state index in [2.05, 4.69) is 54.0 Å². The molecule has 0 aromatic heterocycles. The second kappa shape index (κ2) is 8.09. The standard InChI is InChI=1S/C20H25BrO2/c1-15(2)18-7-3-16(4-8-18)11-20(13-22,14-23)12-17-5-9-19(21)10-6-17/h3-10,15,22-23H,11-14H2,1-2H3. The summed E-state index contributed by atoms with van der Waals surface area (Å²) < 4.78 is 1.03. The van der Waals surface area contributed by atoms with Crippen molar-refractivity contribution in [3.63, 3.8) is 0 Å². The summed E-state index contributed by atoms with van der Waals surface area (Å²) in [6.07, 6.45) is 1.31. The highest BCUT2D eigenvalue weighted by Crippen LogP contribution is 2.28. The molecule has 0 heterocycles. The molecule has 0 saturated carbocycles. The zero-order chi connectivity index (χ0) is 16.9. The molecule has 0 radical (unpaired) electrons. The molecule has 2 aromatic carbocycles. The zero-order valence-electron chi connectivity index (χ0n) is 13.8. The average molecular weight is 377 g/mol. The van der Waals surface area contributed by atoms with E-state index >= 15 is 0 Å². The molecule has 0 aliphatic heterocycles. The van der Waals surface area contributed by atoms with Crippen molar-refractivity contribution in [3.05, 3.63) is 69.7 Å². The van der Waals surface area contributed by atoms with Gasteiger partial charge in [0.25, 0.3) is 0 Å². The van der Waals surface area contributed by atoms with Gasteiger partial charge in [0.15, 0.2) is 0 Å². The minimum atomic E-state index is -0.535. The van der Waals surface area contributed by atoms with Gasteiger partial charge in [-0.15, -0.1) is 0 Å². The highest BCUT2D eigenvalue weighted by Gasteiger charge is 2.29. The second-order valence-electron chi connectivity index (χ2n) is 6.69. The topological polar surface area (TPSA) is 40.5 Å². The summed E-state index contributed by atoms with van der Waals surface area (Å²) in [5.74, 6) is 0.507. The third kappa shape index (κ3) is 4.90. The molecule has 0 fully saturated rings. The first-order chi connectivity index (χ1) is 11.0. The van der Waals surface area contributed by atoms with Gasteiger partial charge in [0.1, 0.15) is 0 Å². The van der Waals surface area contributed by atoms with E-state index in [4.69, 9.17) is 0 Å². The average Bonchev–Trinajstić information content (AvgIpc) is 2.56. The Morgan fingerprint density at radius 2 is 1.26 bits per heavy atom. The lowest BCUT2D eigenvalue weighted by atomic mass is 9.77. The summed E-state index contributed by atoms with van der Waals surface area (Å²) in [5, 5.41) is 19.9. The first-order valence-electron chi connectivity index (χ1n) is 8.03. The van der Waals surface area contributed by atoms with Crippen LogP contribution in [-0.4, -0.2) is 23.4 Å². The predicted molar refractivity (Wildman–Crippen MR) is 98.7 cm³/mol. The molecular weight excluding hydrogens is 352 g/mol. The molecule has 124 valence electrons. The van der Waals surface area contributed by atoms with Crippen LogP contribution in [0.25, 0.3) is 0 Å². The van der Waals surface area contributed by atoms with E-state index in [1.54, 1.807) is 0 Å². The molecule has 0 aliphatic rings. The van der Waals surface area contributed by atoms with Gasteiger partial charge in [-0.25, -0.2) is 0 Å². The smallest absolute Gasteiger partial charge is 0.0515 e. The van der Waals surface area contributed by atoms with E-state index in [1.165, 1.54) is 5.56 Å². The van der Waals surface area contributed by atoms with Crippen LogP contribution in [-0.2, 0) is 12.8 Å². The monoisotopic (exact) mass is 376 g/mol. The molecule has 3 heteroatoms. The minimum absolute atomic E-state index is 0.0362. The van der Waals surface area contributed by atoms with Crippen LogP contribution in [0.3, 0.4) is 0 Å². The highest BCUT2D eigenvalue weighted by molar-refractivity contribution is 9.10. The van der Waals surface area contributed by atoms with Gasteiger partial charge in [-0.2, -0.15) is 0 Å². The molecule has 0 bridgehead atoms. The molecule has 0 unspecified atom stereocenters. The Morgan fingerprint density at radius 1 is 0.826 bits per heavy atom. The number of aliphatic hydroxyl groups is 2. The maximum absolute atomic E-state index is 9.93. The van der Waals surface area contributed by atoms with Gasteiger partial charge in [-0.1, -0.05) is 66.2 Å². The third-order valence-corrected chi connectivity index (χ3v) is 4.92. The second-order valence-corrected chi connectivity index (χ2v) is 7.61. The number of halogens is 1. The molecule has 23 heavy (non-hydrogen) atoms. The van der Waals surface area contributed by atoms with Crippen LogP contribution < -0.4 is 0 Å². The summed E-state index contributed by atoms with van der Waals surface area (Å²) >= 11 is 3.43. The Kier molecular flexibility index (Phi) is 6.40. The molecule has 0 aliphatic carbocycles. The summed E-state index contributed by atoms with van der Waals surface area (Å²) in [6.45, 7) is 4.28. The largest absolute Gasteiger partial charge is 0.396 e. The summed E-state index contributed by atoms with van der Waals surface area (Å²) in [4.78, 5) is 0. The quantitative estimate of drug-likeness (QED) is 0.754. The lowest BCUT2D eigenvalue weighted by molar-refractivity contribution is 0.0548. The summed E-state index contributed by atoms with van der Waals surface area (Å²) in [7, 11) is 0. The van der Waals surface area contributed by atoms with Crippen molar-refractivity contribution in [1.82, 2.24) is 0 Å². The number of rotatable bonds is 7. The molecule has 2 rings (SSSR count). The van der Waals surface area contributed by atoms with Crippen molar-refractivity contribution in [3.8, 4) is 0 Å². The van der Waals surface area contributed by atoms with E-state index in [0.717, 1.165) is 15.6 Å². The highest BCUT2D eigenvalue weighted by atomic mass is 79.9. The molecule has 0 saturated heterocycles. The van der Waals surface area contributed by atoms with Gasteiger partial charge < -0.3 is 10.2 Å². The maximum Gasteiger partial charge on any atom is 0.0515 e. The number of aliphatic hydroxyl groups excluding tert-OH is 2. The van der Waals surface area contributed by atoms with E-state index < -0.39 is 5.41 Å². The fraction of sp³-hybridized carbons (Fsp3) is 0.400. The van der Waals surface area contributed by atoms with Crippen molar-refractivity contribution >= 4 is 15.9 Å². The van der Waals surface area contributed by atoms with Crippen LogP contribution in [0.4, 0.5) is 0 Å². The van der Waals surface area contributed by atoms with Gasteiger partial charge in [-0.05, 0) is 47.6 Å². The molecule has 2 aromatic rings. The molecule has 0 amide bonds. The Balaban J connectivity index is 2.17. The van der Waals surface area contributed by atoms with Gasteiger partial charge in [0, 0.05) is 9.89 Å². The lowest BCUT2D eigenvalue weighted by Crippen LogP contribution is -2.34. The third-order valence-electron chi connectivity index (χ3n) is 4.39. The normalized spacial score (nSPS) is 11.9. The van der Waals surface area contributed by atoms with Crippen LogP contribution in [0.2, 0.25) is 0 Å². The summed E-state index contributed by atoms with van der Waals surface area (Å²) in [5.41, 5.74) is 3.04. The van der Waals surface area contributed by atoms with Crippen LogP contribution >= 0.6 is 15.9 Å². The van der Waals surface area contributed by atoms with Gasteiger partial charge in [0.05, 0.1) is 13.2 Å². The molecule has 0 atom stereocenters. The van der Waals surface area contributed by atoms with E-state index in [-0.39, 0.29) is 13.2 Å². The Bertz CT molecular complexity index is 599. The van der Waals surface area contributed by atoms with Crippen LogP contribution in [0.5, 0.6) is 0 Å². The van der Waals surface area contributed by atoms with Crippen molar-refractivity contribution in [2.75, 3.05) is 13.2 Å². The molecule has 2 N–H and O–H groups in total. The first kappa shape index (κ1) is 18.2. The van der Waals surface area contributed by atoms with Crippen LogP contribution in [0.1, 0.15) is 36.5 Å². The fourth-order valence-corrected chi connectivity index (χ4v) is 3.09. The fourth-order valence-electron chi connectivity index (χ4n) is 2.82. The number of hydrogen-bond acceptors (Lipinski definition) is 2. The van der Waals surface area contributed by atoms with Gasteiger partial charge >= 0.3 is 0 Å². The zero-order valence-corrected chi connectivity index (χ0v) is 15.4. The van der Waals surface area contributed by atoms with Crippen LogP contribution in [0.15, 0.2) is 53.0 Å². The van der Waals surface area contributed by atoms with Crippen molar-refractivity contribution in [2.45, 2.75) is 32.6 Å². The molecule has 2 nitrogen and oxygen atoms in total. The molecule has 0 spiro atoms. The van der Waals surface area contributed by atoms with Crippen molar-refractivity contribution < 1.29 is 10.2 Å². The van der Waals surface area contributed by atoms with Gasteiger partial charge in [0.2, 0.25) is 0 Å². The Labute approximate surface area is 147 Å². The molecular formula is C20H25BrO2. The minimum Gasteiger partial charge on any atom is -0.396 e. The SMILES string of the molecule is CC(C)c1ccc(CC(CO)(CO)Cc2ccc(Br)cc2)cc1. The Morgan fingerprint density at radius 3 is 1.65 bits per heavy atom. The number of benzene rings is 2. The first-order valence-corrected chi connectivity index (χ1v) is 8.82. The predicted octanol–water partition coefficient (Wildman–Crippen LogP) is 4.33. The van der Waals surface area contributed by atoms with Crippen molar-refractivity contribution in [1.29, 1.82) is 0 Å². The Hall–Kier alpha value is -1.16. The maximum atomic E-state index is 9.93. The summed E-state index contributed by atoms with van der Waals surface area (Å²) in [6, 6.07) is 16.5.